The van der Waals surface area contributed by atoms with E-state index in [0.29, 0.717) is 41.7 Å². The lowest BCUT2D eigenvalue weighted by Crippen LogP contribution is -2.17. The van der Waals surface area contributed by atoms with E-state index in [0.717, 1.165) is 26.4 Å². The Hall–Kier alpha value is -3.19. The van der Waals surface area contributed by atoms with Gasteiger partial charge in [0.05, 0.1) is 19.2 Å². The highest BCUT2D eigenvalue weighted by Gasteiger charge is 2.18. The quantitative estimate of drug-likeness (QED) is 0.440. The van der Waals surface area contributed by atoms with E-state index in [1.807, 2.05) is 42.5 Å². The maximum absolute atomic E-state index is 12.8. The number of amides is 1. The van der Waals surface area contributed by atoms with Crippen LogP contribution in [0.2, 0.25) is 0 Å². The van der Waals surface area contributed by atoms with Gasteiger partial charge in [0.15, 0.2) is 11.5 Å². The number of methoxy groups -OCH3 is 1. The number of halogens is 1. The van der Waals surface area contributed by atoms with E-state index in [-0.39, 0.29) is 12.3 Å². The van der Waals surface area contributed by atoms with Crippen molar-refractivity contribution in [2.24, 2.45) is 0 Å². The predicted octanol–water partition coefficient (Wildman–Crippen LogP) is 5.31. The molecule has 3 aromatic carbocycles. The van der Waals surface area contributed by atoms with Crippen LogP contribution < -0.4 is 19.5 Å². The van der Waals surface area contributed by atoms with Gasteiger partial charge in [-0.3, -0.25) is 4.79 Å². The molecule has 0 radical (unpaired) electrons. The lowest BCUT2D eigenvalue weighted by molar-refractivity contribution is -0.115. The number of anilines is 1. The number of carbonyl (C=O) groups is 1. The summed E-state index contributed by atoms with van der Waals surface area (Å²) in [6.07, 6.45) is 0.165. The van der Waals surface area contributed by atoms with Crippen molar-refractivity contribution in [1.29, 1.82) is 0 Å². The molecule has 1 aromatic heterocycles. The van der Waals surface area contributed by atoms with E-state index in [4.69, 9.17) is 18.6 Å². The van der Waals surface area contributed by atoms with Crippen molar-refractivity contribution in [3.8, 4) is 17.2 Å². The lowest BCUT2D eigenvalue weighted by Gasteiger charge is -2.20. The average Bonchev–Trinajstić information content (AvgIpc) is 3.11. The van der Waals surface area contributed by atoms with Gasteiger partial charge in [0.1, 0.15) is 30.1 Å². The molecular weight excluding hydrogens is 450 g/mol. The molecule has 30 heavy (non-hydrogen) atoms. The molecule has 2 heterocycles. The molecule has 1 aliphatic rings. The minimum Gasteiger partial charge on any atom is -0.495 e. The number of rotatable bonds is 4. The molecule has 0 atom stereocenters. The van der Waals surface area contributed by atoms with Crippen molar-refractivity contribution in [3.05, 3.63) is 58.6 Å². The van der Waals surface area contributed by atoms with Gasteiger partial charge in [-0.25, -0.2) is 0 Å². The Kier molecular flexibility index (Phi) is 4.75. The SMILES string of the molecule is COc1cc2c(cc1NC(=O)Cc1cc3c(cc1Br)OCCO3)oc1ccccc12. The molecule has 4 aromatic rings. The molecule has 0 bridgehead atoms. The Morgan fingerprint density at radius 2 is 1.80 bits per heavy atom. The molecular formula is C23H18BrNO5. The number of carbonyl (C=O) groups excluding carboxylic acids is 1. The Morgan fingerprint density at radius 1 is 1.03 bits per heavy atom. The Morgan fingerprint density at radius 3 is 2.60 bits per heavy atom. The summed E-state index contributed by atoms with van der Waals surface area (Å²) in [7, 11) is 1.58. The first-order chi connectivity index (χ1) is 14.6. The van der Waals surface area contributed by atoms with E-state index < -0.39 is 0 Å². The summed E-state index contributed by atoms with van der Waals surface area (Å²) in [5, 5.41) is 4.88. The van der Waals surface area contributed by atoms with Crippen LogP contribution in [0.25, 0.3) is 21.9 Å². The highest BCUT2D eigenvalue weighted by Crippen LogP contribution is 2.38. The molecule has 0 aliphatic carbocycles. The number of furan rings is 1. The second-order valence-corrected chi connectivity index (χ2v) is 7.81. The monoisotopic (exact) mass is 467 g/mol. The Labute approximate surface area is 180 Å². The number of benzene rings is 3. The normalized spacial score (nSPS) is 12.9. The van der Waals surface area contributed by atoms with E-state index in [9.17, 15) is 4.79 Å². The number of hydrogen-bond acceptors (Lipinski definition) is 5. The number of ether oxygens (including phenoxy) is 3. The number of hydrogen-bond donors (Lipinski definition) is 1. The fourth-order valence-electron chi connectivity index (χ4n) is 3.63. The van der Waals surface area contributed by atoms with Crippen LogP contribution in [0.5, 0.6) is 17.2 Å². The highest BCUT2D eigenvalue weighted by molar-refractivity contribution is 9.10. The fraction of sp³-hybridized carbons (Fsp3) is 0.174. The van der Waals surface area contributed by atoms with Gasteiger partial charge in [-0.1, -0.05) is 34.1 Å². The van der Waals surface area contributed by atoms with Gasteiger partial charge >= 0.3 is 0 Å². The second-order valence-electron chi connectivity index (χ2n) is 6.96. The Balaban J connectivity index is 1.43. The van der Waals surface area contributed by atoms with E-state index >= 15 is 0 Å². The number of nitrogens with one attached hydrogen (secondary N) is 1. The molecule has 0 saturated carbocycles. The van der Waals surface area contributed by atoms with Crippen LogP contribution in [0.15, 0.2) is 57.4 Å². The molecule has 1 aliphatic heterocycles. The topological polar surface area (TPSA) is 69.9 Å². The first-order valence-corrected chi connectivity index (χ1v) is 10.3. The minimum atomic E-state index is -0.180. The molecule has 6 nitrogen and oxygen atoms in total. The number of para-hydroxylation sites is 1. The molecule has 0 unspecified atom stereocenters. The summed E-state index contributed by atoms with van der Waals surface area (Å²) in [5.41, 5.74) is 2.84. The largest absolute Gasteiger partial charge is 0.495 e. The summed E-state index contributed by atoms with van der Waals surface area (Å²) in [6.45, 7) is 1.01. The lowest BCUT2D eigenvalue weighted by atomic mass is 10.1. The first kappa shape index (κ1) is 18.8. The average molecular weight is 468 g/mol. The standard InChI is InChI=1S/C23H18BrNO5/c1-27-20-10-15-14-4-2-3-5-18(14)30-19(15)12-17(20)25-23(26)9-13-8-21-22(11-16(13)24)29-7-6-28-21/h2-5,8,10-12H,6-7,9H2,1H3,(H,25,26). The summed E-state index contributed by atoms with van der Waals surface area (Å²) < 4.78 is 23.4. The van der Waals surface area contributed by atoms with Gasteiger partial charge in [0.25, 0.3) is 0 Å². The van der Waals surface area contributed by atoms with Crippen molar-refractivity contribution < 1.29 is 23.4 Å². The zero-order valence-corrected chi connectivity index (χ0v) is 17.7. The van der Waals surface area contributed by atoms with Crippen LogP contribution in [0.1, 0.15) is 5.56 Å². The van der Waals surface area contributed by atoms with Crippen molar-refractivity contribution in [3.63, 3.8) is 0 Å². The van der Waals surface area contributed by atoms with E-state index in [1.54, 1.807) is 13.2 Å². The third kappa shape index (κ3) is 3.35. The molecule has 1 N–H and O–H groups in total. The second kappa shape index (κ2) is 7.57. The molecule has 0 saturated heterocycles. The van der Waals surface area contributed by atoms with Crippen LogP contribution in [0.3, 0.4) is 0 Å². The van der Waals surface area contributed by atoms with Crippen LogP contribution >= 0.6 is 15.9 Å². The van der Waals surface area contributed by atoms with Crippen molar-refractivity contribution in [1.82, 2.24) is 0 Å². The van der Waals surface area contributed by atoms with Gasteiger partial charge in [-0.15, -0.1) is 0 Å². The summed E-state index contributed by atoms with van der Waals surface area (Å²) in [4.78, 5) is 12.8. The van der Waals surface area contributed by atoms with Crippen molar-refractivity contribution in [2.75, 3.05) is 25.6 Å². The van der Waals surface area contributed by atoms with E-state index in [1.165, 1.54) is 0 Å². The van der Waals surface area contributed by atoms with Crippen LogP contribution in [0.4, 0.5) is 5.69 Å². The Bertz CT molecular complexity index is 1280. The first-order valence-electron chi connectivity index (χ1n) is 9.49. The van der Waals surface area contributed by atoms with Crippen LogP contribution in [-0.4, -0.2) is 26.2 Å². The summed E-state index contributed by atoms with van der Waals surface area (Å²) in [6, 6.07) is 15.1. The molecule has 0 fully saturated rings. The summed E-state index contributed by atoms with van der Waals surface area (Å²) >= 11 is 3.51. The summed E-state index contributed by atoms with van der Waals surface area (Å²) in [5.74, 6) is 1.72. The highest BCUT2D eigenvalue weighted by atomic mass is 79.9. The molecule has 7 heteroatoms. The zero-order valence-electron chi connectivity index (χ0n) is 16.2. The maximum Gasteiger partial charge on any atom is 0.228 e. The zero-order chi connectivity index (χ0) is 20.7. The predicted molar refractivity (Wildman–Crippen MR) is 118 cm³/mol. The van der Waals surface area contributed by atoms with Crippen LogP contribution in [0, 0.1) is 0 Å². The smallest absolute Gasteiger partial charge is 0.228 e. The molecule has 5 rings (SSSR count). The number of fused-ring (bicyclic) bond motifs is 4. The molecule has 0 spiro atoms. The van der Waals surface area contributed by atoms with Gasteiger partial charge in [0, 0.05) is 21.3 Å². The minimum absolute atomic E-state index is 0.165. The maximum atomic E-state index is 12.8. The molecule has 152 valence electrons. The third-order valence-corrected chi connectivity index (χ3v) is 5.77. The van der Waals surface area contributed by atoms with Gasteiger partial charge in [-0.05, 0) is 29.8 Å². The van der Waals surface area contributed by atoms with Crippen molar-refractivity contribution in [2.45, 2.75) is 6.42 Å². The van der Waals surface area contributed by atoms with E-state index in [2.05, 4.69) is 21.2 Å². The fourth-order valence-corrected chi connectivity index (χ4v) is 4.09. The van der Waals surface area contributed by atoms with Gasteiger partial charge in [-0.2, -0.15) is 0 Å². The van der Waals surface area contributed by atoms with Gasteiger partial charge in [0.2, 0.25) is 5.91 Å². The molecule has 1 amide bonds. The van der Waals surface area contributed by atoms with Crippen LogP contribution in [-0.2, 0) is 11.2 Å². The van der Waals surface area contributed by atoms with Crippen molar-refractivity contribution >= 4 is 49.5 Å². The third-order valence-electron chi connectivity index (χ3n) is 5.04. The van der Waals surface area contributed by atoms with Gasteiger partial charge < -0.3 is 23.9 Å².